The smallest absolute Gasteiger partial charge is 0.407 e. The Hall–Kier alpha value is -4.40. The number of hydrogen-bond acceptors (Lipinski definition) is 6. The molecule has 0 fully saturated rings. The number of carboxylic acid groups (broad SMARTS) is 1. The van der Waals surface area contributed by atoms with E-state index < -0.39 is 30.5 Å². The van der Waals surface area contributed by atoms with Crippen molar-refractivity contribution >= 4 is 12.1 Å². The Morgan fingerprint density at radius 3 is 2.17 bits per heavy atom. The maximum atomic E-state index is 13.3. The molecular formula is C32H31NO7. The monoisotopic (exact) mass is 541 g/mol. The van der Waals surface area contributed by atoms with Crippen LogP contribution < -0.4 is 5.32 Å². The van der Waals surface area contributed by atoms with Crippen molar-refractivity contribution in [2.45, 2.75) is 24.2 Å². The lowest BCUT2D eigenvalue weighted by atomic mass is 9.90. The summed E-state index contributed by atoms with van der Waals surface area (Å²) in [5.41, 5.74) is 6.07. The Balaban J connectivity index is 1.37. The topological polar surface area (TPSA) is 103 Å². The molecule has 2 aliphatic rings. The number of carbonyl (C=O) groups is 2. The van der Waals surface area contributed by atoms with Gasteiger partial charge in [0.15, 0.2) is 5.79 Å². The Morgan fingerprint density at radius 2 is 1.57 bits per heavy atom. The molecule has 0 heterocycles. The quantitative estimate of drug-likeness (QED) is 0.324. The van der Waals surface area contributed by atoms with E-state index in [0.29, 0.717) is 11.3 Å². The number of hydrogen-bond donors (Lipinski definition) is 2. The van der Waals surface area contributed by atoms with E-state index in [1.165, 1.54) is 14.2 Å². The van der Waals surface area contributed by atoms with Crippen LogP contribution in [0, 0.1) is 0 Å². The third kappa shape index (κ3) is 5.50. The van der Waals surface area contributed by atoms with Crippen molar-refractivity contribution in [2.24, 2.45) is 0 Å². The highest BCUT2D eigenvalue weighted by molar-refractivity contribution is 5.79. The molecule has 5 rings (SSSR count). The van der Waals surface area contributed by atoms with Gasteiger partial charge in [-0.15, -0.1) is 0 Å². The van der Waals surface area contributed by atoms with Crippen LogP contribution in [-0.4, -0.2) is 50.4 Å². The molecule has 2 aliphatic carbocycles. The fourth-order valence-corrected chi connectivity index (χ4v) is 5.37. The fourth-order valence-electron chi connectivity index (χ4n) is 5.37. The summed E-state index contributed by atoms with van der Waals surface area (Å²) in [5, 5.41) is 12.1. The normalized spacial score (nSPS) is 18.6. The maximum absolute atomic E-state index is 13.3. The summed E-state index contributed by atoms with van der Waals surface area (Å²) >= 11 is 0. The van der Waals surface area contributed by atoms with Gasteiger partial charge in [0.2, 0.25) is 0 Å². The number of rotatable bonds is 10. The molecule has 0 spiro atoms. The maximum Gasteiger partial charge on any atom is 0.407 e. The van der Waals surface area contributed by atoms with Crippen LogP contribution in [0.15, 0.2) is 102 Å². The summed E-state index contributed by atoms with van der Waals surface area (Å²) in [5.74, 6) is -2.00. The van der Waals surface area contributed by atoms with Gasteiger partial charge in [0, 0.05) is 18.6 Å². The van der Waals surface area contributed by atoms with E-state index >= 15 is 0 Å². The molecule has 0 aromatic heterocycles. The molecule has 1 amide bonds. The molecule has 2 atom stereocenters. The standard InChI is InChI=1S/C32H31NO7/c1-37-28-18-32(38-2,40-20-29(34)35)17-16-26(28)30(21-10-4-3-5-11-21)33-31(36)39-19-27-24-14-8-6-12-22(24)23-13-7-9-15-25(23)27/h3-17,27,30H,18-20H2,1-2H3,(H,33,36)(H,34,35). The lowest BCUT2D eigenvalue weighted by Crippen LogP contribution is -2.39. The van der Waals surface area contributed by atoms with E-state index in [4.69, 9.17) is 24.1 Å². The molecular weight excluding hydrogens is 510 g/mol. The van der Waals surface area contributed by atoms with Gasteiger partial charge in [0.25, 0.3) is 0 Å². The van der Waals surface area contributed by atoms with Crippen molar-refractivity contribution in [2.75, 3.05) is 27.4 Å². The number of benzene rings is 3. The first-order chi connectivity index (χ1) is 19.4. The molecule has 3 aromatic carbocycles. The molecule has 0 bridgehead atoms. The predicted molar refractivity (Wildman–Crippen MR) is 149 cm³/mol. The van der Waals surface area contributed by atoms with E-state index in [1.807, 2.05) is 54.6 Å². The van der Waals surface area contributed by atoms with Crippen LogP contribution in [0.1, 0.15) is 35.1 Å². The fraction of sp³-hybridized carbons (Fsp3) is 0.250. The second-order valence-electron chi connectivity index (χ2n) is 9.60. The molecule has 0 radical (unpaired) electrons. The second kappa shape index (κ2) is 11.8. The zero-order valence-corrected chi connectivity index (χ0v) is 22.3. The minimum absolute atomic E-state index is 0.0645. The van der Waals surface area contributed by atoms with Crippen molar-refractivity contribution in [3.05, 3.63) is 119 Å². The molecule has 8 nitrogen and oxygen atoms in total. The largest absolute Gasteiger partial charge is 0.500 e. The SMILES string of the molecule is COC1=C(C(NC(=O)OCC2c3ccccc3-c3ccccc32)c2ccccc2)C=CC(OC)(OCC(=O)O)C1. The average molecular weight is 542 g/mol. The van der Waals surface area contributed by atoms with Crippen molar-refractivity contribution in [1.29, 1.82) is 0 Å². The van der Waals surface area contributed by atoms with Crippen LogP contribution in [-0.2, 0) is 23.7 Å². The van der Waals surface area contributed by atoms with E-state index in [2.05, 4.69) is 29.6 Å². The Kier molecular flexibility index (Phi) is 8.00. The lowest BCUT2D eigenvalue weighted by molar-refractivity contribution is -0.200. The molecule has 0 saturated carbocycles. The number of aliphatic carboxylic acids is 1. The Bertz CT molecular complexity index is 1400. The van der Waals surface area contributed by atoms with Crippen LogP contribution in [0.5, 0.6) is 0 Å². The summed E-state index contributed by atoms with van der Waals surface area (Å²) in [6.45, 7) is -0.353. The van der Waals surface area contributed by atoms with Crippen molar-refractivity contribution < 1.29 is 33.6 Å². The van der Waals surface area contributed by atoms with Crippen LogP contribution in [0.2, 0.25) is 0 Å². The van der Waals surface area contributed by atoms with Gasteiger partial charge < -0.3 is 29.4 Å². The van der Waals surface area contributed by atoms with Gasteiger partial charge in [-0.1, -0.05) is 84.9 Å². The Morgan fingerprint density at radius 1 is 0.950 bits per heavy atom. The highest BCUT2D eigenvalue weighted by Crippen LogP contribution is 2.44. The first-order valence-corrected chi connectivity index (χ1v) is 13.0. The van der Waals surface area contributed by atoms with Gasteiger partial charge in [-0.05, 0) is 33.9 Å². The molecule has 40 heavy (non-hydrogen) atoms. The zero-order valence-electron chi connectivity index (χ0n) is 22.3. The molecule has 0 saturated heterocycles. The van der Waals surface area contributed by atoms with E-state index in [1.54, 1.807) is 12.2 Å². The van der Waals surface area contributed by atoms with Crippen LogP contribution in [0.4, 0.5) is 4.79 Å². The van der Waals surface area contributed by atoms with Gasteiger partial charge in [0.1, 0.15) is 19.0 Å². The minimum atomic E-state index is -1.31. The van der Waals surface area contributed by atoms with E-state index in [-0.39, 0.29) is 18.9 Å². The number of ether oxygens (including phenoxy) is 4. The first-order valence-electron chi connectivity index (χ1n) is 13.0. The number of fused-ring (bicyclic) bond motifs is 3. The third-order valence-corrected chi connectivity index (χ3v) is 7.33. The molecule has 2 N–H and O–H groups in total. The molecule has 206 valence electrons. The van der Waals surface area contributed by atoms with Crippen molar-refractivity contribution in [1.82, 2.24) is 5.32 Å². The number of carboxylic acids is 1. The highest BCUT2D eigenvalue weighted by Gasteiger charge is 2.37. The third-order valence-electron chi connectivity index (χ3n) is 7.33. The predicted octanol–water partition coefficient (Wildman–Crippen LogP) is 5.57. The summed E-state index contributed by atoms with van der Waals surface area (Å²) in [6, 6.07) is 25.2. The number of alkyl carbamates (subject to hydrolysis) is 1. The van der Waals surface area contributed by atoms with Gasteiger partial charge in [0.05, 0.1) is 19.6 Å². The van der Waals surface area contributed by atoms with Gasteiger partial charge >= 0.3 is 12.1 Å². The van der Waals surface area contributed by atoms with Crippen LogP contribution in [0.25, 0.3) is 11.1 Å². The van der Waals surface area contributed by atoms with Gasteiger partial charge in [-0.2, -0.15) is 0 Å². The van der Waals surface area contributed by atoms with Crippen LogP contribution >= 0.6 is 0 Å². The first kappa shape index (κ1) is 27.2. The van der Waals surface area contributed by atoms with Crippen molar-refractivity contribution in [3.63, 3.8) is 0 Å². The van der Waals surface area contributed by atoms with Gasteiger partial charge in [-0.25, -0.2) is 9.59 Å². The lowest BCUT2D eigenvalue weighted by Gasteiger charge is -2.34. The number of amides is 1. The van der Waals surface area contributed by atoms with E-state index in [0.717, 1.165) is 27.8 Å². The zero-order chi connectivity index (χ0) is 28.1. The second-order valence-corrected chi connectivity index (χ2v) is 9.60. The van der Waals surface area contributed by atoms with Crippen molar-refractivity contribution in [3.8, 4) is 11.1 Å². The number of nitrogens with one attached hydrogen (secondary N) is 1. The molecule has 8 heteroatoms. The molecule has 2 unspecified atom stereocenters. The summed E-state index contributed by atoms with van der Waals surface area (Å²) < 4.78 is 22.6. The average Bonchev–Trinajstić information content (AvgIpc) is 3.32. The minimum Gasteiger partial charge on any atom is -0.500 e. The number of methoxy groups -OCH3 is 2. The molecule has 3 aromatic rings. The molecule has 0 aliphatic heterocycles. The van der Waals surface area contributed by atoms with E-state index in [9.17, 15) is 9.59 Å². The summed E-state index contributed by atoms with van der Waals surface area (Å²) in [7, 11) is 2.95. The summed E-state index contributed by atoms with van der Waals surface area (Å²) in [6.07, 6.45) is 2.92. The number of carbonyl (C=O) groups excluding carboxylic acids is 1. The Labute approximate surface area is 232 Å². The van der Waals surface area contributed by atoms with Crippen LogP contribution in [0.3, 0.4) is 0 Å². The van der Waals surface area contributed by atoms with Gasteiger partial charge in [-0.3, -0.25) is 0 Å². The summed E-state index contributed by atoms with van der Waals surface area (Å²) in [4.78, 5) is 24.4. The highest BCUT2D eigenvalue weighted by atomic mass is 16.7.